The van der Waals surface area contributed by atoms with Crippen LogP contribution in [0, 0.1) is 5.41 Å². The molecule has 1 aliphatic rings. The SMILES string of the molecule is CCCOCCN1CCCC(C)(C)C1C(=O)O. The Labute approximate surface area is 104 Å². The predicted octanol–water partition coefficient (Wildman–Crippen LogP) is 1.99. The first kappa shape index (κ1) is 14.5. The van der Waals surface area contributed by atoms with Gasteiger partial charge in [-0.2, -0.15) is 0 Å². The predicted molar refractivity (Wildman–Crippen MR) is 67.1 cm³/mol. The minimum absolute atomic E-state index is 0.144. The Kier molecular flexibility index (Phi) is 5.40. The summed E-state index contributed by atoms with van der Waals surface area (Å²) in [6.45, 7) is 9.15. The highest BCUT2D eigenvalue weighted by Gasteiger charge is 2.42. The van der Waals surface area contributed by atoms with E-state index in [0.29, 0.717) is 6.61 Å². The summed E-state index contributed by atoms with van der Waals surface area (Å²) in [5.74, 6) is -0.704. The molecule has 1 rings (SSSR count). The molecule has 1 fully saturated rings. The first-order valence-electron chi connectivity index (χ1n) is 6.53. The number of aliphatic carboxylic acids is 1. The molecule has 1 heterocycles. The van der Waals surface area contributed by atoms with Crippen LogP contribution in [-0.2, 0) is 9.53 Å². The fourth-order valence-electron chi connectivity index (χ4n) is 2.66. The van der Waals surface area contributed by atoms with E-state index in [0.717, 1.165) is 39.0 Å². The van der Waals surface area contributed by atoms with Crippen molar-refractivity contribution in [3.63, 3.8) is 0 Å². The van der Waals surface area contributed by atoms with Gasteiger partial charge in [0.25, 0.3) is 0 Å². The van der Waals surface area contributed by atoms with Crippen LogP contribution in [0.1, 0.15) is 40.0 Å². The molecule has 0 aromatic carbocycles. The van der Waals surface area contributed by atoms with E-state index in [2.05, 4.69) is 11.8 Å². The number of nitrogens with zero attached hydrogens (tertiary/aromatic N) is 1. The zero-order valence-electron chi connectivity index (χ0n) is 11.2. The zero-order valence-corrected chi connectivity index (χ0v) is 11.2. The monoisotopic (exact) mass is 243 g/mol. The quantitative estimate of drug-likeness (QED) is 0.725. The van der Waals surface area contributed by atoms with Gasteiger partial charge in [0.2, 0.25) is 0 Å². The van der Waals surface area contributed by atoms with E-state index >= 15 is 0 Å². The Balaban J connectivity index is 2.53. The van der Waals surface area contributed by atoms with Crippen molar-refractivity contribution in [3.8, 4) is 0 Å². The molecule has 0 saturated carbocycles. The van der Waals surface area contributed by atoms with Gasteiger partial charge in [-0.3, -0.25) is 9.69 Å². The van der Waals surface area contributed by atoms with Gasteiger partial charge in [-0.05, 0) is 31.2 Å². The number of carbonyl (C=O) groups is 1. The van der Waals surface area contributed by atoms with Crippen LogP contribution in [0.25, 0.3) is 0 Å². The van der Waals surface area contributed by atoms with Crippen molar-refractivity contribution in [2.75, 3.05) is 26.3 Å². The molecule has 1 aliphatic heterocycles. The summed E-state index contributed by atoms with van der Waals surface area (Å²) in [4.78, 5) is 13.4. The maximum absolute atomic E-state index is 11.4. The van der Waals surface area contributed by atoms with Gasteiger partial charge in [-0.25, -0.2) is 0 Å². The van der Waals surface area contributed by atoms with Gasteiger partial charge in [0.05, 0.1) is 6.61 Å². The summed E-state index contributed by atoms with van der Waals surface area (Å²) < 4.78 is 5.45. The lowest BCUT2D eigenvalue weighted by Crippen LogP contribution is -2.54. The van der Waals surface area contributed by atoms with Gasteiger partial charge in [0.15, 0.2) is 0 Å². The molecule has 17 heavy (non-hydrogen) atoms. The molecule has 0 radical (unpaired) electrons. The van der Waals surface area contributed by atoms with Crippen LogP contribution in [0.4, 0.5) is 0 Å². The fourth-order valence-corrected chi connectivity index (χ4v) is 2.66. The number of carboxylic acid groups (broad SMARTS) is 1. The van der Waals surface area contributed by atoms with Crippen LogP contribution in [-0.4, -0.2) is 48.3 Å². The second-order valence-electron chi connectivity index (χ2n) is 5.48. The largest absolute Gasteiger partial charge is 0.480 e. The van der Waals surface area contributed by atoms with Crippen molar-refractivity contribution in [1.82, 2.24) is 4.90 Å². The Hall–Kier alpha value is -0.610. The third-order valence-corrected chi connectivity index (χ3v) is 3.48. The Bertz CT molecular complexity index is 253. The summed E-state index contributed by atoms with van der Waals surface area (Å²) in [7, 11) is 0. The zero-order chi connectivity index (χ0) is 12.9. The molecule has 0 amide bonds. The number of rotatable bonds is 6. The Morgan fingerprint density at radius 3 is 2.76 bits per heavy atom. The molecule has 0 aromatic rings. The van der Waals surface area contributed by atoms with Gasteiger partial charge >= 0.3 is 5.97 Å². The molecule has 1 atom stereocenters. The van der Waals surface area contributed by atoms with Crippen LogP contribution in [0.3, 0.4) is 0 Å². The summed E-state index contributed by atoms with van der Waals surface area (Å²) >= 11 is 0. The van der Waals surface area contributed by atoms with E-state index in [1.165, 1.54) is 0 Å². The van der Waals surface area contributed by atoms with E-state index in [1.54, 1.807) is 0 Å². The Morgan fingerprint density at radius 2 is 2.18 bits per heavy atom. The number of hydrogen-bond donors (Lipinski definition) is 1. The highest BCUT2D eigenvalue weighted by molar-refractivity contribution is 5.74. The molecular formula is C13H25NO3. The van der Waals surface area contributed by atoms with Gasteiger partial charge in [0.1, 0.15) is 6.04 Å². The third kappa shape index (κ3) is 3.96. The third-order valence-electron chi connectivity index (χ3n) is 3.48. The maximum Gasteiger partial charge on any atom is 0.321 e. The van der Waals surface area contributed by atoms with Gasteiger partial charge in [-0.1, -0.05) is 20.8 Å². The number of piperidine rings is 1. The van der Waals surface area contributed by atoms with Crippen molar-refractivity contribution in [3.05, 3.63) is 0 Å². The molecule has 4 heteroatoms. The summed E-state index contributed by atoms with van der Waals surface area (Å²) in [6, 6.07) is -0.374. The maximum atomic E-state index is 11.4. The molecule has 4 nitrogen and oxygen atoms in total. The first-order valence-corrected chi connectivity index (χ1v) is 6.53. The molecule has 100 valence electrons. The van der Waals surface area contributed by atoms with Crippen LogP contribution in [0.5, 0.6) is 0 Å². The standard InChI is InChI=1S/C13H25NO3/c1-4-9-17-10-8-14-7-5-6-13(2,3)11(14)12(15)16/h11H,4-10H2,1-3H3,(H,15,16). The van der Waals surface area contributed by atoms with E-state index in [4.69, 9.17) is 4.74 Å². The lowest BCUT2D eigenvalue weighted by Gasteiger charge is -2.44. The molecule has 1 saturated heterocycles. The second-order valence-corrected chi connectivity index (χ2v) is 5.48. The molecule has 1 N–H and O–H groups in total. The molecular weight excluding hydrogens is 218 g/mol. The number of likely N-dealkylation sites (tertiary alicyclic amines) is 1. The molecule has 0 aliphatic carbocycles. The summed E-state index contributed by atoms with van der Waals surface area (Å²) in [6.07, 6.45) is 3.06. The van der Waals surface area contributed by atoms with Gasteiger partial charge in [-0.15, -0.1) is 0 Å². The number of carboxylic acids is 1. The van der Waals surface area contributed by atoms with Gasteiger partial charge in [0, 0.05) is 13.2 Å². The normalized spacial score (nSPS) is 24.8. The van der Waals surface area contributed by atoms with Crippen LogP contribution < -0.4 is 0 Å². The van der Waals surface area contributed by atoms with Crippen molar-refractivity contribution >= 4 is 5.97 Å². The molecule has 1 unspecified atom stereocenters. The first-order chi connectivity index (χ1) is 7.99. The number of ether oxygens (including phenoxy) is 1. The summed E-state index contributed by atoms with van der Waals surface area (Å²) in [5, 5.41) is 9.36. The number of hydrogen-bond acceptors (Lipinski definition) is 3. The van der Waals surface area contributed by atoms with Crippen LogP contribution in [0.2, 0.25) is 0 Å². The van der Waals surface area contributed by atoms with Crippen molar-refractivity contribution in [1.29, 1.82) is 0 Å². The van der Waals surface area contributed by atoms with E-state index in [-0.39, 0.29) is 11.5 Å². The van der Waals surface area contributed by atoms with Crippen LogP contribution >= 0.6 is 0 Å². The van der Waals surface area contributed by atoms with E-state index in [1.807, 2.05) is 13.8 Å². The lowest BCUT2D eigenvalue weighted by molar-refractivity contribution is -0.151. The molecule has 0 spiro atoms. The molecule has 0 bridgehead atoms. The van der Waals surface area contributed by atoms with Crippen molar-refractivity contribution in [2.24, 2.45) is 5.41 Å². The average Bonchev–Trinajstić information content (AvgIpc) is 2.22. The highest BCUT2D eigenvalue weighted by Crippen LogP contribution is 2.35. The van der Waals surface area contributed by atoms with Crippen molar-refractivity contribution in [2.45, 2.75) is 46.1 Å². The lowest BCUT2D eigenvalue weighted by atomic mass is 9.76. The topological polar surface area (TPSA) is 49.8 Å². The van der Waals surface area contributed by atoms with Gasteiger partial charge < -0.3 is 9.84 Å². The van der Waals surface area contributed by atoms with E-state index < -0.39 is 5.97 Å². The van der Waals surface area contributed by atoms with Crippen LogP contribution in [0.15, 0.2) is 0 Å². The Morgan fingerprint density at radius 1 is 1.47 bits per heavy atom. The molecule has 0 aromatic heterocycles. The fraction of sp³-hybridized carbons (Fsp3) is 0.923. The second kappa shape index (κ2) is 6.36. The van der Waals surface area contributed by atoms with E-state index in [9.17, 15) is 9.90 Å². The minimum atomic E-state index is -0.704. The summed E-state index contributed by atoms with van der Waals surface area (Å²) in [5.41, 5.74) is -0.144. The minimum Gasteiger partial charge on any atom is -0.480 e. The smallest absolute Gasteiger partial charge is 0.321 e. The highest BCUT2D eigenvalue weighted by atomic mass is 16.5. The van der Waals surface area contributed by atoms with Crippen molar-refractivity contribution < 1.29 is 14.6 Å². The average molecular weight is 243 g/mol.